The number of nitrogens with zero attached hydrogens (tertiary/aromatic N) is 1. The van der Waals surface area contributed by atoms with Crippen LogP contribution >= 0.6 is 11.6 Å². The Balaban J connectivity index is 1.94. The van der Waals surface area contributed by atoms with Gasteiger partial charge in [-0.15, -0.1) is 0 Å². The number of esters is 1. The molecule has 1 aliphatic heterocycles. The average molecular weight is 416 g/mol. The lowest BCUT2D eigenvalue weighted by atomic mass is 9.79. The van der Waals surface area contributed by atoms with Crippen molar-refractivity contribution < 1.29 is 14.3 Å². The van der Waals surface area contributed by atoms with Crippen LogP contribution in [0.2, 0.25) is 5.02 Å². The number of hydrogen-bond acceptors (Lipinski definition) is 4. The standard InChI is InChI=1S/C24H30ClNO3/c1-5-9-24(27)28-16(3)26(4)15-21-18(6-2)19-10-7-8-11-22(19)29-23-13-12-17(25)14-20(21)23/h7-8,10-14,16,18,21H,5-6,9,15H2,1-4H3. The van der Waals surface area contributed by atoms with E-state index in [4.69, 9.17) is 21.1 Å². The molecule has 0 spiro atoms. The zero-order valence-corrected chi connectivity index (χ0v) is 18.4. The minimum atomic E-state index is -0.298. The minimum absolute atomic E-state index is 0.156. The number of halogens is 1. The van der Waals surface area contributed by atoms with Gasteiger partial charge in [0.15, 0.2) is 6.23 Å². The summed E-state index contributed by atoms with van der Waals surface area (Å²) in [5.74, 6) is 2.01. The summed E-state index contributed by atoms with van der Waals surface area (Å²) in [5, 5.41) is 0.697. The van der Waals surface area contributed by atoms with Gasteiger partial charge in [-0.3, -0.25) is 9.69 Å². The van der Waals surface area contributed by atoms with Crippen LogP contribution in [0.15, 0.2) is 42.5 Å². The number of likely N-dealkylation sites (N-methyl/N-ethyl adjacent to an activating group) is 1. The number of rotatable bonds is 7. The van der Waals surface area contributed by atoms with E-state index in [1.165, 1.54) is 5.56 Å². The van der Waals surface area contributed by atoms with Crippen molar-refractivity contribution in [1.29, 1.82) is 0 Å². The molecule has 2 aromatic carbocycles. The second-order valence-electron chi connectivity index (χ2n) is 7.72. The van der Waals surface area contributed by atoms with Gasteiger partial charge < -0.3 is 9.47 Å². The second kappa shape index (κ2) is 9.64. The summed E-state index contributed by atoms with van der Waals surface area (Å²) in [6.07, 6.45) is 1.90. The lowest BCUT2D eigenvalue weighted by Crippen LogP contribution is -2.37. The zero-order valence-electron chi connectivity index (χ0n) is 17.7. The molecular weight excluding hydrogens is 386 g/mol. The van der Waals surface area contributed by atoms with Crippen LogP contribution in [0.25, 0.3) is 0 Å². The first-order chi connectivity index (χ1) is 13.9. The summed E-state index contributed by atoms with van der Waals surface area (Å²) in [6.45, 7) is 6.83. The van der Waals surface area contributed by atoms with E-state index < -0.39 is 0 Å². The molecule has 0 amide bonds. The van der Waals surface area contributed by atoms with Gasteiger partial charge in [0, 0.05) is 29.5 Å². The van der Waals surface area contributed by atoms with Crippen LogP contribution < -0.4 is 4.74 Å². The molecule has 2 aromatic rings. The van der Waals surface area contributed by atoms with Gasteiger partial charge in [-0.05, 0) is 62.6 Å². The van der Waals surface area contributed by atoms with Crippen LogP contribution in [0.4, 0.5) is 0 Å². The smallest absolute Gasteiger partial charge is 0.307 e. The maximum atomic E-state index is 11.9. The van der Waals surface area contributed by atoms with Gasteiger partial charge in [-0.1, -0.05) is 43.6 Å². The lowest BCUT2D eigenvalue weighted by molar-refractivity contribution is -0.156. The topological polar surface area (TPSA) is 38.8 Å². The monoisotopic (exact) mass is 415 g/mol. The Kier molecular flexibility index (Phi) is 7.20. The molecule has 0 N–H and O–H groups in total. The first-order valence-electron chi connectivity index (χ1n) is 10.4. The molecule has 3 atom stereocenters. The largest absolute Gasteiger partial charge is 0.457 e. The van der Waals surface area contributed by atoms with Gasteiger partial charge in [0.2, 0.25) is 0 Å². The van der Waals surface area contributed by atoms with Crippen molar-refractivity contribution in [2.45, 2.75) is 58.1 Å². The molecule has 0 bridgehead atoms. The second-order valence-corrected chi connectivity index (χ2v) is 8.16. The van der Waals surface area contributed by atoms with E-state index in [1.807, 2.05) is 51.2 Å². The van der Waals surface area contributed by atoms with E-state index in [0.717, 1.165) is 36.4 Å². The fourth-order valence-electron chi connectivity index (χ4n) is 4.07. The maximum Gasteiger partial charge on any atom is 0.307 e. The first-order valence-corrected chi connectivity index (χ1v) is 10.8. The summed E-state index contributed by atoms with van der Waals surface area (Å²) < 4.78 is 11.9. The van der Waals surface area contributed by atoms with Crippen LogP contribution in [0.5, 0.6) is 11.5 Å². The Morgan fingerprint density at radius 1 is 1.14 bits per heavy atom. The Bertz CT molecular complexity index is 854. The van der Waals surface area contributed by atoms with E-state index >= 15 is 0 Å². The van der Waals surface area contributed by atoms with Crippen LogP contribution in [0.1, 0.15) is 63.0 Å². The molecule has 0 aromatic heterocycles. The normalized spacial score (nSPS) is 19.0. The maximum absolute atomic E-state index is 11.9. The Morgan fingerprint density at radius 3 is 2.59 bits per heavy atom. The Labute approximate surface area is 178 Å². The molecule has 156 valence electrons. The third-order valence-corrected chi connectivity index (χ3v) is 5.93. The predicted molar refractivity (Wildman–Crippen MR) is 117 cm³/mol. The number of ether oxygens (including phenoxy) is 2. The van der Waals surface area contributed by atoms with Gasteiger partial charge in [0.1, 0.15) is 11.5 Å². The number of carbonyl (C=O) groups excluding carboxylic acids is 1. The molecule has 5 heteroatoms. The van der Waals surface area contributed by atoms with Gasteiger partial charge in [-0.25, -0.2) is 0 Å². The lowest BCUT2D eigenvalue weighted by Gasteiger charge is -2.32. The number of carbonyl (C=O) groups is 1. The number of hydrogen-bond donors (Lipinski definition) is 0. The predicted octanol–water partition coefficient (Wildman–Crippen LogP) is 6.34. The summed E-state index contributed by atoms with van der Waals surface area (Å²) >= 11 is 6.36. The molecule has 3 unspecified atom stereocenters. The molecule has 0 radical (unpaired) electrons. The molecule has 0 saturated heterocycles. The SMILES string of the molecule is CCCC(=O)OC(C)N(C)CC1c2cc(Cl)ccc2Oc2ccccc2C1CC. The van der Waals surface area contributed by atoms with Crippen LogP contribution in [0.3, 0.4) is 0 Å². The summed E-state index contributed by atoms with van der Waals surface area (Å²) in [7, 11) is 2.00. The van der Waals surface area contributed by atoms with Crippen molar-refractivity contribution in [1.82, 2.24) is 4.90 Å². The Morgan fingerprint density at radius 2 is 1.86 bits per heavy atom. The van der Waals surface area contributed by atoms with Crippen molar-refractivity contribution >= 4 is 17.6 Å². The van der Waals surface area contributed by atoms with Crippen molar-refractivity contribution in [3.8, 4) is 11.5 Å². The summed E-state index contributed by atoms with van der Waals surface area (Å²) in [4.78, 5) is 14.0. The molecular formula is C24H30ClNO3. The molecule has 4 nitrogen and oxygen atoms in total. The van der Waals surface area contributed by atoms with Crippen LogP contribution in [-0.2, 0) is 9.53 Å². The van der Waals surface area contributed by atoms with Crippen LogP contribution in [0, 0.1) is 0 Å². The molecule has 1 aliphatic rings. The highest BCUT2D eigenvalue weighted by atomic mass is 35.5. The van der Waals surface area contributed by atoms with Gasteiger partial charge in [0.05, 0.1) is 0 Å². The van der Waals surface area contributed by atoms with Gasteiger partial charge in [-0.2, -0.15) is 0 Å². The fraction of sp³-hybridized carbons (Fsp3) is 0.458. The number of fused-ring (bicyclic) bond motifs is 2. The van der Waals surface area contributed by atoms with E-state index in [2.05, 4.69) is 24.0 Å². The minimum Gasteiger partial charge on any atom is -0.457 e. The van der Waals surface area contributed by atoms with Crippen molar-refractivity contribution in [3.63, 3.8) is 0 Å². The van der Waals surface area contributed by atoms with Gasteiger partial charge in [0.25, 0.3) is 0 Å². The third kappa shape index (κ3) is 4.93. The van der Waals surface area contributed by atoms with Crippen molar-refractivity contribution in [2.75, 3.05) is 13.6 Å². The van der Waals surface area contributed by atoms with E-state index in [-0.39, 0.29) is 24.0 Å². The van der Waals surface area contributed by atoms with E-state index in [0.29, 0.717) is 11.4 Å². The highest BCUT2D eigenvalue weighted by molar-refractivity contribution is 6.30. The first kappa shape index (κ1) is 21.7. The fourth-order valence-corrected chi connectivity index (χ4v) is 4.25. The highest BCUT2D eigenvalue weighted by Gasteiger charge is 2.33. The van der Waals surface area contributed by atoms with Crippen molar-refractivity contribution in [3.05, 3.63) is 58.6 Å². The summed E-state index contributed by atoms with van der Waals surface area (Å²) in [6, 6.07) is 14.1. The molecule has 1 heterocycles. The molecule has 0 aliphatic carbocycles. The van der Waals surface area contributed by atoms with E-state index in [1.54, 1.807) is 0 Å². The third-order valence-electron chi connectivity index (χ3n) is 5.70. The average Bonchev–Trinajstić information content (AvgIpc) is 2.82. The number of benzene rings is 2. The quantitative estimate of drug-likeness (QED) is 0.390. The molecule has 0 saturated carbocycles. The molecule has 3 rings (SSSR count). The highest BCUT2D eigenvalue weighted by Crippen LogP contribution is 2.48. The molecule has 29 heavy (non-hydrogen) atoms. The summed E-state index contributed by atoms with van der Waals surface area (Å²) in [5.41, 5.74) is 2.30. The van der Waals surface area contributed by atoms with Gasteiger partial charge >= 0.3 is 5.97 Å². The van der Waals surface area contributed by atoms with Crippen molar-refractivity contribution in [2.24, 2.45) is 0 Å². The Hall–Kier alpha value is -2.04. The number of para-hydroxylation sites is 1. The zero-order chi connectivity index (χ0) is 21.0. The van der Waals surface area contributed by atoms with Crippen LogP contribution in [-0.4, -0.2) is 30.7 Å². The molecule has 0 fully saturated rings. The van der Waals surface area contributed by atoms with E-state index in [9.17, 15) is 4.79 Å².